The lowest BCUT2D eigenvalue weighted by Gasteiger charge is -2.24. The fourth-order valence-corrected chi connectivity index (χ4v) is 5.54. The number of fused-ring (bicyclic) bond motifs is 1. The zero-order valence-corrected chi connectivity index (χ0v) is 26.3. The van der Waals surface area contributed by atoms with Crippen molar-refractivity contribution < 1.29 is 22.3 Å². The minimum absolute atomic E-state index is 0.189. The van der Waals surface area contributed by atoms with Gasteiger partial charge in [-0.05, 0) is 66.3 Å². The van der Waals surface area contributed by atoms with E-state index in [1.54, 1.807) is 24.3 Å². The van der Waals surface area contributed by atoms with Gasteiger partial charge in [-0.25, -0.2) is 27.8 Å². The molecule has 4 aromatic rings. The predicted molar refractivity (Wildman–Crippen MR) is 172 cm³/mol. The number of aromatic nitrogens is 3. The maximum absolute atomic E-state index is 13.9. The van der Waals surface area contributed by atoms with E-state index in [1.807, 2.05) is 50.8 Å². The van der Waals surface area contributed by atoms with Crippen LogP contribution in [-0.4, -0.2) is 61.9 Å². The van der Waals surface area contributed by atoms with Crippen LogP contribution in [-0.2, 0) is 15.4 Å². The maximum atomic E-state index is 13.9. The van der Waals surface area contributed by atoms with Crippen LogP contribution in [0.15, 0.2) is 48.8 Å². The van der Waals surface area contributed by atoms with Gasteiger partial charge in [-0.3, -0.25) is 9.52 Å². The molecule has 13 heteroatoms. The number of amides is 1. The molecule has 1 aliphatic rings. The summed E-state index contributed by atoms with van der Waals surface area (Å²) in [7, 11) is -2.21. The van der Waals surface area contributed by atoms with Crippen LogP contribution in [0.3, 0.4) is 0 Å². The molecule has 0 spiro atoms. The van der Waals surface area contributed by atoms with Crippen molar-refractivity contribution in [2.24, 2.45) is 0 Å². The fourth-order valence-electron chi connectivity index (χ4n) is 4.99. The molecule has 1 aliphatic heterocycles. The maximum Gasteiger partial charge on any atom is 0.255 e. The van der Waals surface area contributed by atoms with Gasteiger partial charge < -0.3 is 20.3 Å². The van der Waals surface area contributed by atoms with Crippen LogP contribution in [0, 0.1) is 6.92 Å². The number of pyridine rings is 1. The smallest absolute Gasteiger partial charge is 0.255 e. The third-order valence-electron chi connectivity index (χ3n) is 7.38. The summed E-state index contributed by atoms with van der Waals surface area (Å²) in [5.41, 5.74) is 3.97. The Morgan fingerprint density at radius 3 is 2.48 bits per heavy atom. The van der Waals surface area contributed by atoms with E-state index >= 15 is 0 Å². The first-order valence-electron chi connectivity index (χ1n) is 14.1. The van der Waals surface area contributed by atoms with Crippen LogP contribution in [0.4, 0.5) is 33.1 Å². The van der Waals surface area contributed by atoms with Crippen molar-refractivity contribution in [3.63, 3.8) is 0 Å². The zero-order chi connectivity index (χ0) is 31.8. The van der Waals surface area contributed by atoms with E-state index in [0.29, 0.717) is 59.1 Å². The second kappa shape index (κ2) is 11.9. The number of hydrogen-bond donors (Lipinski definition) is 3. The average Bonchev–Trinajstić information content (AvgIpc) is 3.39. The molecule has 0 bridgehead atoms. The van der Waals surface area contributed by atoms with Gasteiger partial charge in [0.2, 0.25) is 10.0 Å². The molecular formula is C31H36FN7O4S. The predicted octanol–water partition coefficient (Wildman–Crippen LogP) is 5.55. The lowest BCUT2D eigenvalue weighted by atomic mass is 9.86. The molecule has 1 atom stereocenters. The summed E-state index contributed by atoms with van der Waals surface area (Å²) < 4.78 is 46.1. The van der Waals surface area contributed by atoms with Gasteiger partial charge in [0.05, 0.1) is 36.8 Å². The van der Waals surface area contributed by atoms with Crippen LogP contribution in [0.5, 0.6) is 5.75 Å². The minimum atomic E-state index is -3.62. The number of methoxy groups -OCH3 is 1. The van der Waals surface area contributed by atoms with Crippen molar-refractivity contribution in [3.05, 3.63) is 65.5 Å². The van der Waals surface area contributed by atoms with Crippen molar-refractivity contribution in [3.8, 4) is 5.75 Å². The summed E-state index contributed by atoms with van der Waals surface area (Å²) in [6.07, 6.45) is 2.07. The molecule has 11 nitrogen and oxygen atoms in total. The van der Waals surface area contributed by atoms with Crippen LogP contribution >= 0.6 is 0 Å². The van der Waals surface area contributed by atoms with E-state index in [-0.39, 0.29) is 16.9 Å². The van der Waals surface area contributed by atoms with Gasteiger partial charge in [0.15, 0.2) is 11.6 Å². The van der Waals surface area contributed by atoms with Gasteiger partial charge >= 0.3 is 0 Å². The van der Waals surface area contributed by atoms with Crippen molar-refractivity contribution in [2.75, 3.05) is 46.7 Å². The SMILES string of the molecule is COc1c(NC(=O)c2ccc(C)c(Nc3ncnc4ccc(N5CCC(F)C5)nc34)c2)cc(C(C)(C)C)cc1NS(C)(=O)=O. The second-order valence-corrected chi connectivity index (χ2v) is 13.7. The number of nitrogens with zero attached hydrogens (tertiary/aromatic N) is 4. The van der Waals surface area contributed by atoms with Gasteiger partial charge in [-0.1, -0.05) is 26.8 Å². The highest BCUT2D eigenvalue weighted by Crippen LogP contribution is 2.39. The highest BCUT2D eigenvalue weighted by molar-refractivity contribution is 7.92. The topological polar surface area (TPSA) is 138 Å². The van der Waals surface area contributed by atoms with Crippen molar-refractivity contribution >= 4 is 55.7 Å². The molecule has 0 saturated carbocycles. The highest BCUT2D eigenvalue weighted by Gasteiger charge is 2.24. The number of rotatable bonds is 8. The van der Waals surface area contributed by atoms with Gasteiger partial charge in [0, 0.05) is 17.8 Å². The van der Waals surface area contributed by atoms with Crippen LogP contribution < -0.4 is 25.0 Å². The third-order valence-corrected chi connectivity index (χ3v) is 7.97. The fraction of sp³-hybridized carbons (Fsp3) is 0.355. The molecule has 0 aliphatic carbocycles. The second-order valence-electron chi connectivity index (χ2n) is 11.9. The number of alkyl halides is 1. The number of hydrogen-bond acceptors (Lipinski definition) is 9. The number of anilines is 5. The Hall–Kier alpha value is -4.52. The number of benzene rings is 2. The van der Waals surface area contributed by atoms with Crippen molar-refractivity contribution in [1.29, 1.82) is 0 Å². The molecule has 0 radical (unpaired) electrons. The molecule has 2 aromatic heterocycles. The van der Waals surface area contributed by atoms with Crippen LogP contribution in [0.1, 0.15) is 48.7 Å². The van der Waals surface area contributed by atoms with Crippen molar-refractivity contribution in [2.45, 2.75) is 45.7 Å². The zero-order valence-electron chi connectivity index (χ0n) is 25.5. The lowest BCUT2D eigenvalue weighted by Crippen LogP contribution is -2.21. The molecule has 1 saturated heterocycles. The molecule has 1 unspecified atom stereocenters. The molecule has 3 N–H and O–H groups in total. The lowest BCUT2D eigenvalue weighted by molar-refractivity contribution is 0.102. The molecule has 1 fully saturated rings. The number of sulfonamides is 1. The Labute approximate surface area is 256 Å². The first kappa shape index (κ1) is 30.9. The molecule has 232 valence electrons. The number of carbonyl (C=O) groups excluding carboxylic acids is 1. The minimum Gasteiger partial charge on any atom is -0.492 e. The number of nitrogens with one attached hydrogen (secondary N) is 3. The summed E-state index contributed by atoms with van der Waals surface area (Å²) in [5, 5.41) is 6.20. The summed E-state index contributed by atoms with van der Waals surface area (Å²) in [5.74, 6) is 0.861. The van der Waals surface area contributed by atoms with E-state index in [0.717, 1.165) is 17.4 Å². The summed E-state index contributed by atoms with van der Waals surface area (Å²) in [6.45, 7) is 8.74. The Kier molecular flexibility index (Phi) is 8.34. The number of halogens is 1. The Bertz CT molecular complexity index is 1840. The Morgan fingerprint density at radius 1 is 1.07 bits per heavy atom. The molecule has 2 aromatic carbocycles. The normalized spacial score (nSPS) is 15.3. The Balaban J connectivity index is 1.47. The van der Waals surface area contributed by atoms with Crippen LogP contribution in [0.25, 0.3) is 11.0 Å². The van der Waals surface area contributed by atoms with E-state index in [9.17, 15) is 17.6 Å². The van der Waals surface area contributed by atoms with Crippen molar-refractivity contribution in [1.82, 2.24) is 15.0 Å². The Morgan fingerprint density at radius 2 is 1.82 bits per heavy atom. The molecule has 5 rings (SSSR count). The van der Waals surface area contributed by atoms with Crippen LogP contribution in [0.2, 0.25) is 0 Å². The summed E-state index contributed by atoms with van der Waals surface area (Å²) in [4.78, 5) is 29.0. The number of aryl methyl sites for hydroxylation is 1. The first-order valence-corrected chi connectivity index (χ1v) is 16.0. The number of ether oxygens (including phenoxy) is 1. The number of carbonyl (C=O) groups is 1. The quantitative estimate of drug-likeness (QED) is 0.231. The van der Waals surface area contributed by atoms with Gasteiger partial charge in [-0.15, -0.1) is 0 Å². The van der Waals surface area contributed by atoms with Gasteiger partial charge in [0.25, 0.3) is 5.91 Å². The van der Waals surface area contributed by atoms with E-state index in [4.69, 9.17) is 9.72 Å². The standard InChI is InChI=1S/C31H36FN7O4S/c1-18-7-8-19(30(40)36-24-14-20(31(2,3)4)15-25(28(24)43-5)38-44(6,41)42)13-23(18)35-29-27-22(33-17-34-29)9-10-26(37-27)39-12-11-21(32)16-39/h7-10,13-15,17,21,38H,11-12,16H2,1-6H3,(H,36,40)(H,33,34,35). The molecule has 1 amide bonds. The highest BCUT2D eigenvalue weighted by atomic mass is 32.2. The largest absolute Gasteiger partial charge is 0.492 e. The van der Waals surface area contributed by atoms with E-state index in [2.05, 4.69) is 25.3 Å². The monoisotopic (exact) mass is 621 g/mol. The van der Waals surface area contributed by atoms with Gasteiger partial charge in [0.1, 0.15) is 23.8 Å². The molecular weight excluding hydrogens is 585 g/mol. The molecule has 44 heavy (non-hydrogen) atoms. The summed E-state index contributed by atoms with van der Waals surface area (Å²) >= 11 is 0. The average molecular weight is 622 g/mol. The first-order chi connectivity index (χ1) is 20.7. The summed E-state index contributed by atoms with van der Waals surface area (Å²) in [6, 6.07) is 12.3. The van der Waals surface area contributed by atoms with Gasteiger partial charge in [-0.2, -0.15) is 0 Å². The van der Waals surface area contributed by atoms with E-state index in [1.165, 1.54) is 13.4 Å². The molecule has 3 heterocycles. The third kappa shape index (κ3) is 6.83. The van der Waals surface area contributed by atoms with E-state index < -0.39 is 22.1 Å².